The second kappa shape index (κ2) is 9.48. The summed E-state index contributed by atoms with van der Waals surface area (Å²) in [4.78, 5) is 29.7. The van der Waals surface area contributed by atoms with Gasteiger partial charge in [0.25, 0.3) is 0 Å². The monoisotopic (exact) mass is 413 g/mol. The number of hydrogen-bond acceptors (Lipinski definition) is 4. The Labute approximate surface area is 179 Å². The minimum Gasteiger partial charge on any atom is -0.379 e. The van der Waals surface area contributed by atoms with Crippen molar-refractivity contribution in [1.82, 2.24) is 15.1 Å². The second-order valence-corrected chi connectivity index (χ2v) is 9.04. The van der Waals surface area contributed by atoms with Gasteiger partial charge in [0.15, 0.2) is 0 Å². The summed E-state index contributed by atoms with van der Waals surface area (Å²) in [5, 5.41) is 3.27. The predicted octanol–water partition coefficient (Wildman–Crippen LogP) is 2.67. The normalized spacial score (nSPS) is 24.2. The zero-order chi connectivity index (χ0) is 21.0. The standard InChI is InChI=1S/C24H35N3O3/c1-19(28)27-12-9-20-7-3-4-8-21(20)22(27)17-23(29)25-18-24(10-5-2-6-11-24)26-13-15-30-16-14-26/h3-4,7-8,22H,2,5-6,9-18H2,1H3,(H,25,29). The highest BCUT2D eigenvalue weighted by Crippen LogP contribution is 2.35. The lowest BCUT2D eigenvalue weighted by molar-refractivity contribution is -0.133. The van der Waals surface area contributed by atoms with Gasteiger partial charge in [0.2, 0.25) is 11.8 Å². The van der Waals surface area contributed by atoms with Gasteiger partial charge in [0.1, 0.15) is 0 Å². The molecule has 4 rings (SSSR count). The molecule has 1 unspecified atom stereocenters. The van der Waals surface area contributed by atoms with Gasteiger partial charge in [-0.1, -0.05) is 43.5 Å². The molecule has 1 aromatic carbocycles. The first-order valence-corrected chi connectivity index (χ1v) is 11.5. The van der Waals surface area contributed by atoms with Gasteiger partial charge in [-0.2, -0.15) is 0 Å². The van der Waals surface area contributed by atoms with E-state index in [1.165, 1.54) is 24.8 Å². The molecule has 164 valence electrons. The van der Waals surface area contributed by atoms with Crippen LogP contribution < -0.4 is 5.32 Å². The number of amides is 2. The molecule has 0 bridgehead atoms. The molecule has 0 radical (unpaired) electrons. The van der Waals surface area contributed by atoms with Crippen molar-refractivity contribution in [2.75, 3.05) is 39.4 Å². The number of hydrogen-bond donors (Lipinski definition) is 1. The average Bonchev–Trinajstić information content (AvgIpc) is 2.79. The van der Waals surface area contributed by atoms with E-state index >= 15 is 0 Å². The first-order valence-electron chi connectivity index (χ1n) is 11.5. The van der Waals surface area contributed by atoms with Crippen LogP contribution >= 0.6 is 0 Å². The lowest BCUT2D eigenvalue weighted by Gasteiger charge is -2.48. The Bertz CT molecular complexity index is 754. The Morgan fingerprint density at radius 2 is 1.83 bits per heavy atom. The number of fused-ring (bicyclic) bond motifs is 1. The van der Waals surface area contributed by atoms with Crippen LogP contribution in [0.5, 0.6) is 0 Å². The van der Waals surface area contributed by atoms with Crippen molar-refractivity contribution >= 4 is 11.8 Å². The minimum atomic E-state index is -0.168. The summed E-state index contributed by atoms with van der Waals surface area (Å²) in [5.74, 6) is 0.0838. The van der Waals surface area contributed by atoms with E-state index in [-0.39, 0.29) is 23.4 Å². The van der Waals surface area contributed by atoms with E-state index < -0.39 is 0 Å². The van der Waals surface area contributed by atoms with Crippen molar-refractivity contribution in [3.63, 3.8) is 0 Å². The molecular formula is C24H35N3O3. The Morgan fingerprint density at radius 1 is 1.10 bits per heavy atom. The van der Waals surface area contributed by atoms with E-state index in [1.807, 2.05) is 17.0 Å². The quantitative estimate of drug-likeness (QED) is 0.806. The van der Waals surface area contributed by atoms with E-state index in [9.17, 15) is 9.59 Å². The van der Waals surface area contributed by atoms with Crippen LogP contribution in [0.25, 0.3) is 0 Å². The van der Waals surface area contributed by atoms with Gasteiger partial charge in [-0.05, 0) is 30.4 Å². The summed E-state index contributed by atoms with van der Waals surface area (Å²) in [6.07, 6.45) is 7.19. The van der Waals surface area contributed by atoms with Gasteiger partial charge in [-0.15, -0.1) is 0 Å². The maximum absolute atomic E-state index is 13.1. The largest absolute Gasteiger partial charge is 0.379 e. The molecule has 0 aromatic heterocycles. The number of carbonyl (C=O) groups excluding carboxylic acids is 2. The molecule has 1 saturated heterocycles. The van der Waals surface area contributed by atoms with Crippen LogP contribution in [-0.2, 0) is 20.7 Å². The minimum absolute atomic E-state index is 0.0411. The number of nitrogens with zero attached hydrogens (tertiary/aromatic N) is 2. The molecule has 0 spiro atoms. The SMILES string of the molecule is CC(=O)N1CCc2ccccc2C1CC(=O)NCC1(N2CCOCC2)CCCCC1. The molecule has 2 fully saturated rings. The summed E-state index contributed by atoms with van der Waals surface area (Å²) in [6.45, 7) is 6.44. The lowest BCUT2D eigenvalue weighted by Crippen LogP contribution is -2.59. The van der Waals surface area contributed by atoms with Crippen LogP contribution in [0.3, 0.4) is 0 Å². The number of carbonyl (C=O) groups is 2. The van der Waals surface area contributed by atoms with Crippen molar-refractivity contribution in [3.8, 4) is 0 Å². The molecule has 1 aromatic rings. The molecule has 2 aliphatic heterocycles. The van der Waals surface area contributed by atoms with Crippen molar-refractivity contribution in [2.24, 2.45) is 0 Å². The highest BCUT2D eigenvalue weighted by molar-refractivity contribution is 5.79. The summed E-state index contributed by atoms with van der Waals surface area (Å²) in [6, 6.07) is 8.06. The Balaban J connectivity index is 1.44. The van der Waals surface area contributed by atoms with Crippen molar-refractivity contribution in [2.45, 2.75) is 63.5 Å². The molecule has 1 atom stereocenters. The van der Waals surface area contributed by atoms with Crippen molar-refractivity contribution in [1.29, 1.82) is 0 Å². The molecule has 3 aliphatic rings. The van der Waals surface area contributed by atoms with E-state index in [1.54, 1.807) is 6.92 Å². The smallest absolute Gasteiger partial charge is 0.222 e. The number of morpholine rings is 1. The van der Waals surface area contributed by atoms with Crippen molar-refractivity contribution in [3.05, 3.63) is 35.4 Å². The fourth-order valence-corrected chi connectivity index (χ4v) is 5.61. The molecule has 2 amide bonds. The Hall–Kier alpha value is -1.92. The summed E-state index contributed by atoms with van der Waals surface area (Å²) >= 11 is 0. The zero-order valence-corrected chi connectivity index (χ0v) is 18.2. The van der Waals surface area contributed by atoms with E-state index in [0.717, 1.165) is 51.1 Å². The summed E-state index contributed by atoms with van der Waals surface area (Å²) in [5.41, 5.74) is 2.43. The highest BCUT2D eigenvalue weighted by atomic mass is 16.5. The van der Waals surface area contributed by atoms with Crippen LogP contribution in [0.4, 0.5) is 0 Å². The third-order valence-electron chi connectivity index (χ3n) is 7.28. The van der Waals surface area contributed by atoms with Gasteiger partial charge >= 0.3 is 0 Å². The number of ether oxygens (including phenoxy) is 1. The lowest BCUT2D eigenvalue weighted by atomic mass is 9.79. The fourth-order valence-electron chi connectivity index (χ4n) is 5.61. The van der Waals surface area contributed by atoms with Gasteiger partial charge in [0.05, 0.1) is 25.7 Å². The maximum Gasteiger partial charge on any atom is 0.222 e. The molecule has 1 saturated carbocycles. The Kier molecular flexibility index (Phi) is 6.74. The number of nitrogens with one attached hydrogen (secondary N) is 1. The third kappa shape index (κ3) is 4.54. The van der Waals surface area contributed by atoms with Crippen molar-refractivity contribution < 1.29 is 14.3 Å². The van der Waals surface area contributed by atoms with Gasteiger partial charge in [0, 0.05) is 38.6 Å². The third-order valence-corrected chi connectivity index (χ3v) is 7.28. The summed E-state index contributed by atoms with van der Waals surface area (Å²) in [7, 11) is 0. The first-order chi connectivity index (χ1) is 14.6. The van der Waals surface area contributed by atoms with E-state index in [0.29, 0.717) is 19.5 Å². The number of rotatable bonds is 5. The molecule has 1 N–H and O–H groups in total. The molecular weight excluding hydrogens is 378 g/mol. The molecule has 1 aliphatic carbocycles. The van der Waals surface area contributed by atoms with Crippen LogP contribution in [0.2, 0.25) is 0 Å². The zero-order valence-electron chi connectivity index (χ0n) is 18.2. The molecule has 30 heavy (non-hydrogen) atoms. The summed E-state index contributed by atoms with van der Waals surface area (Å²) < 4.78 is 5.56. The first kappa shape index (κ1) is 21.3. The highest BCUT2D eigenvalue weighted by Gasteiger charge is 2.39. The maximum atomic E-state index is 13.1. The van der Waals surface area contributed by atoms with Crippen LogP contribution in [0, 0.1) is 0 Å². The van der Waals surface area contributed by atoms with Gasteiger partial charge < -0.3 is 15.0 Å². The van der Waals surface area contributed by atoms with Gasteiger partial charge in [-0.25, -0.2) is 0 Å². The van der Waals surface area contributed by atoms with Crippen LogP contribution in [0.15, 0.2) is 24.3 Å². The molecule has 6 nitrogen and oxygen atoms in total. The van der Waals surface area contributed by atoms with E-state index in [4.69, 9.17) is 4.74 Å². The molecule has 2 heterocycles. The fraction of sp³-hybridized carbons (Fsp3) is 0.667. The predicted molar refractivity (Wildman–Crippen MR) is 116 cm³/mol. The number of benzene rings is 1. The average molecular weight is 414 g/mol. The second-order valence-electron chi connectivity index (χ2n) is 9.04. The van der Waals surface area contributed by atoms with Crippen LogP contribution in [0.1, 0.15) is 62.6 Å². The van der Waals surface area contributed by atoms with E-state index in [2.05, 4.69) is 22.3 Å². The van der Waals surface area contributed by atoms with Gasteiger partial charge in [-0.3, -0.25) is 14.5 Å². The van der Waals surface area contributed by atoms with Crippen LogP contribution in [-0.4, -0.2) is 66.5 Å². The topological polar surface area (TPSA) is 61.9 Å². The molecule has 6 heteroatoms. The Morgan fingerprint density at radius 3 is 2.57 bits per heavy atom.